The highest BCUT2D eigenvalue weighted by molar-refractivity contribution is 9.10. The summed E-state index contributed by atoms with van der Waals surface area (Å²) in [5, 5.41) is 7.61. The number of nitrogens with one attached hydrogen (secondary N) is 1. The van der Waals surface area contributed by atoms with Gasteiger partial charge in [0.05, 0.1) is 35.3 Å². The topological polar surface area (TPSA) is 112 Å². The first-order chi connectivity index (χ1) is 16.4. The van der Waals surface area contributed by atoms with Crippen LogP contribution >= 0.6 is 15.9 Å². The number of pyridine rings is 1. The van der Waals surface area contributed by atoms with Crippen molar-refractivity contribution < 1.29 is 14.3 Å². The van der Waals surface area contributed by atoms with E-state index in [1.54, 1.807) is 6.07 Å². The van der Waals surface area contributed by atoms with E-state index in [1.807, 2.05) is 49.4 Å². The van der Waals surface area contributed by atoms with Crippen LogP contribution in [0.1, 0.15) is 41.1 Å². The molecular formula is C25H24BrN5O3. The average Bonchev–Trinajstić information content (AvgIpc) is 3.25. The number of anilines is 1. The molecule has 0 aliphatic heterocycles. The number of primary amides is 1. The van der Waals surface area contributed by atoms with E-state index in [0.29, 0.717) is 35.3 Å². The van der Waals surface area contributed by atoms with Gasteiger partial charge in [-0.2, -0.15) is 5.10 Å². The van der Waals surface area contributed by atoms with Crippen LogP contribution in [-0.4, -0.2) is 33.2 Å². The van der Waals surface area contributed by atoms with Crippen molar-refractivity contribution >= 4 is 44.3 Å². The molecule has 2 amide bonds. The van der Waals surface area contributed by atoms with E-state index < -0.39 is 11.8 Å². The fourth-order valence-corrected chi connectivity index (χ4v) is 4.00. The van der Waals surface area contributed by atoms with Crippen LogP contribution in [0.15, 0.2) is 59.2 Å². The van der Waals surface area contributed by atoms with Gasteiger partial charge in [-0.3, -0.25) is 14.3 Å². The summed E-state index contributed by atoms with van der Waals surface area (Å²) in [4.78, 5) is 30.1. The van der Waals surface area contributed by atoms with E-state index in [0.717, 1.165) is 22.2 Å². The first-order valence-corrected chi connectivity index (χ1v) is 11.7. The van der Waals surface area contributed by atoms with Crippen LogP contribution in [0.2, 0.25) is 0 Å². The number of halogens is 1. The van der Waals surface area contributed by atoms with Crippen molar-refractivity contribution in [1.82, 2.24) is 14.8 Å². The molecule has 2 aromatic heterocycles. The van der Waals surface area contributed by atoms with Crippen molar-refractivity contribution in [3.05, 3.63) is 70.5 Å². The molecule has 3 N–H and O–H groups in total. The summed E-state index contributed by atoms with van der Waals surface area (Å²) in [6, 6.07) is 14.9. The van der Waals surface area contributed by atoms with Gasteiger partial charge in [0.1, 0.15) is 11.4 Å². The molecule has 0 aliphatic carbocycles. The van der Waals surface area contributed by atoms with E-state index in [4.69, 9.17) is 15.5 Å². The van der Waals surface area contributed by atoms with Gasteiger partial charge >= 0.3 is 0 Å². The highest BCUT2D eigenvalue weighted by Crippen LogP contribution is 2.29. The van der Waals surface area contributed by atoms with E-state index >= 15 is 0 Å². The molecule has 0 aliphatic rings. The highest BCUT2D eigenvalue weighted by Gasteiger charge is 2.20. The van der Waals surface area contributed by atoms with Gasteiger partial charge in [-0.15, -0.1) is 0 Å². The number of fused-ring (bicyclic) bond motifs is 1. The van der Waals surface area contributed by atoms with Crippen molar-refractivity contribution in [3.63, 3.8) is 0 Å². The summed E-state index contributed by atoms with van der Waals surface area (Å²) in [6.07, 6.45) is 2.35. The lowest BCUT2D eigenvalue weighted by molar-refractivity contribution is 0.0991. The lowest BCUT2D eigenvalue weighted by Gasteiger charge is -2.12. The summed E-state index contributed by atoms with van der Waals surface area (Å²) in [6.45, 7) is 4.98. The Labute approximate surface area is 205 Å². The van der Waals surface area contributed by atoms with Crippen molar-refractivity contribution in [2.24, 2.45) is 5.73 Å². The van der Waals surface area contributed by atoms with Crippen molar-refractivity contribution in [2.75, 3.05) is 11.9 Å². The number of carbonyl (C=O) groups is 2. The Balaban J connectivity index is 1.76. The molecule has 0 fully saturated rings. The van der Waals surface area contributed by atoms with Gasteiger partial charge in [0.25, 0.3) is 11.8 Å². The lowest BCUT2D eigenvalue weighted by atomic mass is 10.0. The van der Waals surface area contributed by atoms with Crippen LogP contribution in [0.25, 0.3) is 22.2 Å². The molecule has 2 heterocycles. The Kier molecular flexibility index (Phi) is 6.93. The van der Waals surface area contributed by atoms with Gasteiger partial charge in [0, 0.05) is 22.0 Å². The van der Waals surface area contributed by atoms with Gasteiger partial charge in [0.2, 0.25) is 0 Å². The highest BCUT2D eigenvalue weighted by atomic mass is 79.9. The number of hydrogen-bond donors (Lipinski definition) is 2. The molecule has 174 valence electrons. The first-order valence-electron chi connectivity index (χ1n) is 10.9. The molecule has 0 unspecified atom stereocenters. The molecule has 0 saturated heterocycles. The second kappa shape index (κ2) is 10.0. The number of amides is 2. The Morgan fingerprint density at radius 2 is 1.88 bits per heavy atom. The summed E-state index contributed by atoms with van der Waals surface area (Å²) in [5.74, 6) is -0.281. The van der Waals surface area contributed by atoms with Crippen LogP contribution in [0.3, 0.4) is 0 Å². The summed E-state index contributed by atoms with van der Waals surface area (Å²) >= 11 is 3.47. The largest absolute Gasteiger partial charge is 0.494 e. The van der Waals surface area contributed by atoms with E-state index in [-0.39, 0.29) is 11.4 Å². The zero-order chi connectivity index (χ0) is 24.2. The predicted molar refractivity (Wildman–Crippen MR) is 135 cm³/mol. The smallest absolute Gasteiger partial charge is 0.269 e. The Morgan fingerprint density at radius 3 is 2.56 bits per heavy atom. The number of ether oxygens (including phenoxy) is 1. The fourth-order valence-electron chi connectivity index (χ4n) is 3.64. The predicted octanol–water partition coefficient (Wildman–Crippen LogP) is 5.02. The van der Waals surface area contributed by atoms with Gasteiger partial charge in [-0.1, -0.05) is 22.9 Å². The normalized spacial score (nSPS) is 10.9. The molecule has 4 aromatic rings. The molecule has 0 radical (unpaired) electrons. The zero-order valence-electron chi connectivity index (χ0n) is 18.8. The van der Waals surface area contributed by atoms with Crippen molar-refractivity contribution in [3.8, 4) is 17.0 Å². The van der Waals surface area contributed by atoms with Crippen molar-refractivity contribution in [2.45, 2.75) is 26.8 Å². The minimum Gasteiger partial charge on any atom is -0.494 e. The van der Waals surface area contributed by atoms with Crippen LogP contribution in [-0.2, 0) is 6.54 Å². The SMILES string of the molecule is CCCOc1ccc(-c2cc(C(=O)Nc3cnn(CC)c3C(N)=O)c3cc(Br)ccc3n2)cc1. The van der Waals surface area contributed by atoms with Crippen LogP contribution in [0, 0.1) is 0 Å². The lowest BCUT2D eigenvalue weighted by Crippen LogP contribution is -2.21. The van der Waals surface area contributed by atoms with Gasteiger partial charge in [-0.05, 0) is 61.9 Å². The second-order valence-electron chi connectivity index (χ2n) is 7.63. The molecule has 0 spiro atoms. The number of carbonyl (C=O) groups excluding carboxylic acids is 2. The number of nitrogens with two attached hydrogens (primary N) is 1. The molecule has 34 heavy (non-hydrogen) atoms. The zero-order valence-corrected chi connectivity index (χ0v) is 20.4. The van der Waals surface area contributed by atoms with Gasteiger partial charge < -0.3 is 15.8 Å². The van der Waals surface area contributed by atoms with E-state index in [9.17, 15) is 9.59 Å². The van der Waals surface area contributed by atoms with Gasteiger partial charge in [0.15, 0.2) is 0 Å². The standard InChI is InChI=1S/C25H24BrN5O3/c1-3-11-34-17-8-5-15(6-9-17)21-13-19(18-12-16(26)7-10-20(18)29-21)25(33)30-22-14-28-31(4-2)23(22)24(27)32/h5-10,12-14H,3-4,11H2,1-2H3,(H2,27,32)(H,30,33). The molecule has 0 saturated carbocycles. The number of benzene rings is 2. The number of aryl methyl sites for hydroxylation is 1. The maximum Gasteiger partial charge on any atom is 0.269 e. The maximum absolute atomic E-state index is 13.4. The number of nitrogens with zero attached hydrogens (tertiary/aromatic N) is 3. The third-order valence-corrected chi connectivity index (χ3v) is 5.75. The second-order valence-corrected chi connectivity index (χ2v) is 8.55. The van der Waals surface area contributed by atoms with Gasteiger partial charge in [-0.25, -0.2) is 4.98 Å². The Hall–Kier alpha value is -3.72. The Bertz CT molecular complexity index is 1370. The minimum absolute atomic E-state index is 0.151. The molecule has 0 bridgehead atoms. The van der Waals surface area contributed by atoms with Crippen LogP contribution in [0.4, 0.5) is 5.69 Å². The maximum atomic E-state index is 13.4. The molecule has 4 rings (SSSR count). The fraction of sp³-hybridized carbons (Fsp3) is 0.200. The number of aromatic nitrogens is 3. The first kappa shape index (κ1) is 23.4. The average molecular weight is 522 g/mol. The van der Waals surface area contributed by atoms with Crippen LogP contribution < -0.4 is 15.8 Å². The summed E-state index contributed by atoms with van der Waals surface area (Å²) in [5.41, 5.74) is 8.50. The van der Waals surface area contributed by atoms with Crippen molar-refractivity contribution in [1.29, 1.82) is 0 Å². The molecule has 2 aromatic carbocycles. The third-order valence-electron chi connectivity index (χ3n) is 5.26. The van der Waals surface area contributed by atoms with Crippen LogP contribution in [0.5, 0.6) is 5.75 Å². The minimum atomic E-state index is -0.664. The van der Waals surface area contributed by atoms with E-state index in [1.165, 1.54) is 10.9 Å². The molecular weight excluding hydrogens is 498 g/mol. The summed E-state index contributed by atoms with van der Waals surface area (Å²) < 4.78 is 7.93. The summed E-state index contributed by atoms with van der Waals surface area (Å²) in [7, 11) is 0. The Morgan fingerprint density at radius 1 is 1.12 bits per heavy atom. The third kappa shape index (κ3) is 4.79. The quantitative estimate of drug-likeness (QED) is 0.338. The molecule has 0 atom stereocenters. The number of rotatable bonds is 8. The van der Waals surface area contributed by atoms with E-state index in [2.05, 4.69) is 33.3 Å². The number of hydrogen-bond acceptors (Lipinski definition) is 5. The molecule has 8 nitrogen and oxygen atoms in total. The molecule has 9 heteroatoms. The monoisotopic (exact) mass is 521 g/mol.